The van der Waals surface area contributed by atoms with E-state index in [1.807, 2.05) is 24.8 Å². The number of hydrogen-bond donors (Lipinski definition) is 0. The van der Waals surface area contributed by atoms with Crippen LogP contribution in [0.5, 0.6) is 0 Å². The zero-order chi connectivity index (χ0) is 26.1. The number of carbonyl (C=O) groups excluding carboxylic acids is 3. The summed E-state index contributed by atoms with van der Waals surface area (Å²) in [5.41, 5.74) is 0.590. The molecule has 0 N–H and O–H groups in total. The van der Waals surface area contributed by atoms with Gasteiger partial charge in [0.05, 0.1) is 0 Å². The van der Waals surface area contributed by atoms with Crippen molar-refractivity contribution in [1.29, 1.82) is 0 Å². The number of carbonyl (C=O) groups is 3. The lowest BCUT2D eigenvalue weighted by Gasteiger charge is -2.42. The minimum Gasteiger partial charge on any atom is -0.342 e. The molecule has 2 atom stereocenters. The molecule has 3 saturated heterocycles. The Hall–Kier alpha value is -2.41. The third-order valence-corrected chi connectivity index (χ3v) is 8.26. The highest BCUT2D eigenvalue weighted by Crippen LogP contribution is 2.39. The molecule has 3 aliphatic rings. The maximum atomic E-state index is 13.4. The number of benzene rings is 1. The van der Waals surface area contributed by atoms with E-state index in [0.29, 0.717) is 44.2 Å². The lowest BCUT2D eigenvalue weighted by Crippen LogP contribution is -2.57. The quantitative estimate of drug-likeness (QED) is 0.531. The Morgan fingerprint density at radius 2 is 1.69 bits per heavy atom. The Balaban J connectivity index is 1.46. The van der Waals surface area contributed by atoms with E-state index in [0.717, 1.165) is 39.1 Å². The number of likely N-dealkylation sites (tertiary alicyclic amines) is 2. The highest BCUT2D eigenvalue weighted by atomic mass is 16.2. The van der Waals surface area contributed by atoms with Gasteiger partial charge in [0.25, 0.3) is 5.91 Å². The van der Waals surface area contributed by atoms with Crippen molar-refractivity contribution in [3.63, 3.8) is 0 Å². The standard InChI is InChI=1S/C29H44N4O3/c1-6-15-32-26(35)29(33(7-2)27(32)36)13-16-30(17-14-29)19-23-20-31(25(34)18-28(3,4)5)21-24(23)22-11-9-8-10-12-22/h8-12,23-24H,6-7,13-21H2,1-5H3/t23?,24-/m1/s1. The fourth-order valence-corrected chi connectivity index (χ4v) is 6.47. The first-order chi connectivity index (χ1) is 17.1. The first-order valence-corrected chi connectivity index (χ1v) is 13.8. The Labute approximate surface area is 216 Å². The van der Waals surface area contributed by atoms with Crippen molar-refractivity contribution in [3.8, 4) is 0 Å². The molecule has 0 aliphatic carbocycles. The van der Waals surface area contributed by atoms with E-state index in [4.69, 9.17) is 0 Å². The first kappa shape index (κ1) is 26.6. The average Bonchev–Trinajstić information content (AvgIpc) is 3.34. The number of likely N-dealkylation sites (N-methyl/N-ethyl adjacent to an activating group) is 1. The van der Waals surface area contributed by atoms with E-state index >= 15 is 0 Å². The van der Waals surface area contributed by atoms with E-state index in [1.54, 1.807) is 0 Å². The number of imide groups is 1. The predicted octanol–water partition coefficient (Wildman–Crippen LogP) is 4.19. The fourth-order valence-electron chi connectivity index (χ4n) is 6.47. The lowest BCUT2D eigenvalue weighted by atomic mass is 9.84. The maximum Gasteiger partial charge on any atom is 0.327 e. The van der Waals surface area contributed by atoms with Crippen molar-refractivity contribution in [2.45, 2.75) is 71.8 Å². The molecule has 0 saturated carbocycles. The monoisotopic (exact) mass is 496 g/mol. The summed E-state index contributed by atoms with van der Waals surface area (Å²) >= 11 is 0. The van der Waals surface area contributed by atoms with Crippen LogP contribution in [0.15, 0.2) is 30.3 Å². The third kappa shape index (κ3) is 5.17. The first-order valence-electron chi connectivity index (χ1n) is 13.8. The molecule has 0 radical (unpaired) electrons. The van der Waals surface area contributed by atoms with Gasteiger partial charge < -0.3 is 14.7 Å². The largest absolute Gasteiger partial charge is 0.342 e. The Morgan fingerprint density at radius 1 is 1.03 bits per heavy atom. The fraction of sp³-hybridized carbons (Fsp3) is 0.690. The molecule has 4 rings (SSSR count). The van der Waals surface area contributed by atoms with Crippen LogP contribution in [0.4, 0.5) is 4.79 Å². The van der Waals surface area contributed by atoms with Crippen molar-refractivity contribution in [3.05, 3.63) is 35.9 Å². The molecule has 4 amide bonds. The predicted molar refractivity (Wildman–Crippen MR) is 142 cm³/mol. The van der Waals surface area contributed by atoms with Crippen LogP contribution < -0.4 is 0 Å². The zero-order valence-electron chi connectivity index (χ0n) is 22.8. The minimum absolute atomic E-state index is 0.00201. The molecule has 1 spiro atoms. The lowest BCUT2D eigenvalue weighted by molar-refractivity contribution is -0.136. The Morgan fingerprint density at radius 3 is 2.28 bits per heavy atom. The van der Waals surface area contributed by atoms with Crippen molar-refractivity contribution in [2.75, 3.05) is 45.8 Å². The molecule has 0 aromatic heterocycles. The van der Waals surface area contributed by atoms with Gasteiger partial charge in [-0.1, -0.05) is 58.0 Å². The van der Waals surface area contributed by atoms with Gasteiger partial charge in [-0.15, -0.1) is 0 Å². The second-order valence-corrected chi connectivity index (χ2v) is 12.1. The highest BCUT2D eigenvalue weighted by Gasteiger charge is 2.57. The number of amides is 4. The highest BCUT2D eigenvalue weighted by molar-refractivity contribution is 6.07. The average molecular weight is 497 g/mol. The molecule has 7 nitrogen and oxygen atoms in total. The molecule has 198 valence electrons. The summed E-state index contributed by atoms with van der Waals surface area (Å²) in [4.78, 5) is 47.2. The van der Waals surface area contributed by atoms with E-state index in [9.17, 15) is 14.4 Å². The number of rotatable bonds is 7. The minimum atomic E-state index is -0.680. The van der Waals surface area contributed by atoms with Crippen molar-refractivity contribution in [1.82, 2.24) is 19.6 Å². The summed E-state index contributed by atoms with van der Waals surface area (Å²) in [6.07, 6.45) is 2.71. The van der Waals surface area contributed by atoms with Gasteiger partial charge in [0.1, 0.15) is 5.54 Å². The summed E-state index contributed by atoms with van der Waals surface area (Å²) in [5.74, 6) is 0.907. The molecule has 1 aromatic carbocycles. The number of urea groups is 1. The van der Waals surface area contributed by atoms with Crippen molar-refractivity contribution < 1.29 is 14.4 Å². The van der Waals surface area contributed by atoms with Gasteiger partial charge in [0, 0.05) is 58.2 Å². The molecule has 3 fully saturated rings. The van der Waals surface area contributed by atoms with Gasteiger partial charge in [0.15, 0.2) is 0 Å². The van der Waals surface area contributed by atoms with Gasteiger partial charge in [-0.25, -0.2) is 4.79 Å². The summed E-state index contributed by atoms with van der Waals surface area (Å²) in [6, 6.07) is 10.5. The second-order valence-electron chi connectivity index (χ2n) is 12.1. The SMILES string of the molecule is CCCN1C(=O)N(CC)C2(CCN(CC3CN(C(=O)CC(C)(C)C)C[C@@H]3c3ccccc3)CC2)C1=O. The topological polar surface area (TPSA) is 64.2 Å². The molecule has 3 aliphatic heterocycles. The van der Waals surface area contributed by atoms with Crippen LogP contribution in [0.1, 0.15) is 71.8 Å². The third-order valence-electron chi connectivity index (χ3n) is 8.26. The smallest absolute Gasteiger partial charge is 0.327 e. The van der Waals surface area contributed by atoms with Gasteiger partial charge >= 0.3 is 6.03 Å². The van der Waals surface area contributed by atoms with E-state index in [-0.39, 0.29) is 23.3 Å². The van der Waals surface area contributed by atoms with Crippen LogP contribution in [0.25, 0.3) is 0 Å². The molecule has 3 heterocycles. The maximum absolute atomic E-state index is 13.4. The van der Waals surface area contributed by atoms with E-state index < -0.39 is 5.54 Å². The van der Waals surface area contributed by atoms with E-state index in [2.05, 4.69) is 54.8 Å². The van der Waals surface area contributed by atoms with Crippen LogP contribution in [0.2, 0.25) is 0 Å². The summed E-state index contributed by atoms with van der Waals surface area (Å²) in [6.45, 7) is 15.4. The van der Waals surface area contributed by atoms with Crippen LogP contribution in [-0.2, 0) is 9.59 Å². The van der Waals surface area contributed by atoms with Crippen LogP contribution >= 0.6 is 0 Å². The van der Waals surface area contributed by atoms with Gasteiger partial charge in [-0.3, -0.25) is 14.5 Å². The molecular formula is C29H44N4O3. The molecule has 1 unspecified atom stereocenters. The summed E-state index contributed by atoms with van der Waals surface area (Å²) in [7, 11) is 0. The summed E-state index contributed by atoms with van der Waals surface area (Å²) < 4.78 is 0. The van der Waals surface area contributed by atoms with Crippen molar-refractivity contribution in [2.24, 2.45) is 11.3 Å². The second kappa shape index (κ2) is 10.5. The van der Waals surface area contributed by atoms with Gasteiger partial charge in [0.2, 0.25) is 5.91 Å². The molecule has 1 aromatic rings. The molecular weight excluding hydrogens is 452 g/mol. The van der Waals surface area contributed by atoms with Crippen LogP contribution in [0.3, 0.4) is 0 Å². The normalized spacial score (nSPS) is 24.9. The van der Waals surface area contributed by atoms with Gasteiger partial charge in [-0.05, 0) is 43.1 Å². The Bertz CT molecular complexity index is 949. The molecule has 36 heavy (non-hydrogen) atoms. The van der Waals surface area contributed by atoms with Crippen LogP contribution in [0, 0.1) is 11.3 Å². The van der Waals surface area contributed by atoms with Crippen LogP contribution in [-0.4, -0.2) is 88.8 Å². The Kier molecular flexibility index (Phi) is 7.79. The number of nitrogens with zero attached hydrogens (tertiary/aromatic N) is 4. The van der Waals surface area contributed by atoms with E-state index in [1.165, 1.54) is 10.5 Å². The zero-order valence-corrected chi connectivity index (χ0v) is 22.8. The molecule has 7 heteroatoms. The molecule has 0 bridgehead atoms. The van der Waals surface area contributed by atoms with Gasteiger partial charge in [-0.2, -0.15) is 0 Å². The number of piperidine rings is 1. The van der Waals surface area contributed by atoms with Crippen molar-refractivity contribution >= 4 is 17.8 Å². The summed E-state index contributed by atoms with van der Waals surface area (Å²) in [5, 5.41) is 0. The number of hydrogen-bond acceptors (Lipinski definition) is 4.